The van der Waals surface area contributed by atoms with E-state index in [1.165, 1.54) is 0 Å². The molecular weight excluding hydrogens is 238 g/mol. The maximum atomic E-state index is 11.6. The van der Waals surface area contributed by atoms with Crippen LogP contribution in [0.5, 0.6) is 0 Å². The summed E-state index contributed by atoms with van der Waals surface area (Å²) < 4.78 is 0. The Kier molecular flexibility index (Phi) is 5.34. The van der Waals surface area contributed by atoms with Crippen molar-refractivity contribution < 1.29 is 9.59 Å². The molecule has 1 aliphatic rings. The van der Waals surface area contributed by atoms with Gasteiger partial charge in [0.05, 0.1) is 10.9 Å². The fraction of sp³-hybridized carbons (Fsp3) is 0.727. The van der Waals surface area contributed by atoms with Gasteiger partial charge in [0.15, 0.2) is 0 Å². The number of carbonyl (C=O) groups is 2. The molecule has 0 saturated heterocycles. The summed E-state index contributed by atoms with van der Waals surface area (Å²) in [4.78, 5) is 23.1. The minimum atomic E-state index is -0.413. The first-order valence-electron chi connectivity index (χ1n) is 5.91. The third-order valence-electron chi connectivity index (χ3n) is 2.74. The minimum Gasteiger partial charge on any atom is -0.393 e. The van der Waals surface area contributed by atoms with Gasteiger partial charge in [0.25, 0.3) is 0 Å². The highest BCUT2D eigenvalue weighted by Gasteiger charge is 2.29. The number of amides is 2. The highest BCUT2D eigenvalue weighted by atomic mass is 32.1. The van der Waals surface area contributed by atoms with E-state index in [2.05, 4.69) is 10.6 Å². The number of rotatable bonds is 7. The molecule has 0 aromatic heterocycles. The standard InChI is InChI=1S/C11H19N3O2S/c1-2-8(9(12)17)11(16)14-6-5-13-10(15)7-3-4-7/h7-8H,2-6H2,1H3,(H2,12,17)(H,13,15)(H,14,16). The van der Waals surface area contributed by atoms with Gasteiger partial charge < -0.3 is 16.4 Å². The minimum absolute atomic E-state index is 0.0839. The number of nitrogens with one attached hydrogen (secondary N) is 2. The zero-order chi connectivity index (χ0) is 12.8. The average molecular weight is 257 g/mol. The molecule has 2 amide bonds. The maximum Gasteiger partial charge on any atom is 0.229 e. The summed E-state index contributed by atoms with van der Waals surface area (Å²) in [6, 6.07) is 0. The van der Waals surface area contributed by atoms with Crippen LogP contribution in [0.1, 0.15) is 26.2 Å². The van der Waals surface area contributed by atoms with E-state index in [1.807, 2.05) is 6.92 Å². The molecule has 0 spiro atoms. The zero-order valence-electron chi connectivity index (χ0n) is 9.99. The molecular formula is C11H19N3O2S. The lowest BCUT2D eigenvalue weighted by molar-refractivity contribution is -0.124. The van der Waals surface area contributed by atoms with Crippen molar-refractivity contribution in [1.82, 2.24) is 10.6 Å². The normalized spacial score (nSPS) is 16.1. The highest BCUT2D eigenvalue weighted by Crippen LogP contribution is 2.28. The van der Waals surface area contributed by atoms with Crippen molar-refractivity contribution in [3.05, 3.63) is 0 Å². The maximum absolute atomic E-state index is 11.6. The van der Waals surface area contributed by atoms with E-state index in [0.717, 1.165) is 12.8 Å². The summed E-state index contributed by atoms with van der Waals surface area (Å²) in [6.07, 6.45) is 2.56. The van der Waals surface area contributed by atoms with Crippen molar-refractivity contribution in [1.29, 1.82) is 0 Å². The third-order valence-corrected chi connectivity index (χ3v) is 3.02. The fourth-order valence-corrected chi connectivity index (χ4v) is 1.77. The van der Waals surface area contributed by atoms with Crippen molar-refractivity contribution >= 4 is 29.0 Å². The molecule has 1 fully saturated rings. The van der Waals surface area contributed by atoms with Crippen molar-refractivity contribution in [3.63, 3.8) is 0 Å². The SMILES string of the molecule is CCC(C(=O)NCCNC(=O)C1CC1)C(N)=S. The molecule has 0 aliphatic heterocycles. The Morgan fingerprint density at radius 3 is 2.41 bits per heavy atom. The van der Waals surface area contributed by atoms with Crippen molar-refractivity contribution in [3.8, 4) is 0 Å². The molecule has 0 bridgehead atoms. The van der Waals surface area contributed by atoms with Crippen LogP contribution < -0.4 is 16.4 Å². The predicted molar refractivity (Wildman–Crippen MR) is 69.3 cm³/mol. The lowest BCUT2D eigenvalue weighted by atomic mass is 10.1. The van der Waals surface area contributed by atoms with Crippen molar-refractivity contribution in [2.75, 3.05) is 13.1 Å². The third kappa shape index (κ3) is 4.68. The van der Waals surface area contributed by atoms with Crippen LogP contribution in [0.2, 0.25) is 0 Å². The molecule has 4 N–H and O–H groups in total. The van der Waals surface area contributed by atoms with Crippen LogP contribution in [0.3, 0.4) is 0 Å². The van der Waals surface area contributed by atoms with Crippen LogP contribution in [-0.4, -0.2) is 29.9 Å². The van der Waals surface area contributed by atoms with Crippen LogP contribution >= 0.6 is 12.2 Å². The van der Waals surface area contributed by atoms with Crippen molar-refractivity contribution in [2.45, 2.75) is 26.2 Å². The molecule has 6 heteroatoms. The molecule has 0 radical (unpaired) electrons. The van der Waals surface area contributed by atoms with Crippen LogP contribution in [0.25, 0.3) is 0 Å². The molecule has 0 aromatic rings. The average Bonchev–Trinajstić information content (AvgIpc) is 3.08. The Labute approximate surface area is 107 Å². The number of hydrogen-bond acceptors (Lipinski definition) is 3. The van der Waals surface area contributed by atoms with Gasteiger partial charge in [-0.3, -0.25) is 9.59 Å². The van der Waals surface area contributed by atoms with Gasteiger partial charge in [-0.1, -0.05) is 19.1 Å². The Morgan fingerprint density at radius 1 is 1.35 bits per heavy atom. The second-order valence-corrected chi connectivity index (χ2v) is 4.69. The number of nitrogens with two attached hydrogens (primary N) is 1. The molecule has 1 aliphatic carbocycles. The van der Waals surface area contributed by atoms with Crippen LogP contribution in [0.15, 0.2) is 0 Å². The van der Waals surface area contributed by atoms with E-state index in [1.54, 1.807) is 0 Å². The Morgan fingerprint density at radius 2 is 1.94 bits per heavy atom. The van der Waals surface area contributed by atoms with Gasteiger partial charge in [0.1, 0.15) is 0 Å². The summed E-state index contributed by atoms with van der Waals surface area (Å²) >= 11 is 4.80. The molecule has 1 saturated carbocycles. The zero-order valence-corrected chi connectivity index (χ0v) is 10.8. The highest BCUT2D eigenvalue weighted by molar-refractivity contribution is 7.80. The number of hydrogen-bond donors (Lipinski definition) is 3. The first-order chi connectivity index (χ1) is 8.06. The second-order valence-electron chi connectivity index (χ2n) is 4.22. The number of carbonyl (C=O) groups excluding carboxylic acids is 2. The van der Waals surface area contributed by atoms with Crippen molar-refractivity contribution in [2.24, 2.45) is 17.6 Å². The quantitative estimate of drug-likeness (QED) is 0.441. The molecule has 17 heavy (non-hydrogen) atoms. The van der Waals surface area contributed by atoms with Gasteiger partial charge in [0.2, 0.25) is 11.8 Å². The van der Waals surface area contributed by atoms with E-state index in [4.69, 9.17) is 18.0 Å². The first-order valence-corrected chi connectivity index (χ1v) is 6.31. The van der Waals surface area contributed by atoms with Gasteiger partial charge in [-0.25, -0.2) is 0 Å². The Balaban J connectivity index is 2.14. The van der Waals surface area contributed by atoms with Crippen LogP contribution in [-0.2, 0) is 9.59 Å². The van der Waals surface area contributed by atoms with E-state index in [0.29, 0.717) is 19.5 Å². The summed E-state index contributed by atoms with van der Waals surface area (Å²) in [5, 5.41) is 5.48. The molecule has 1 rings (SSSR count). The van der Waals surface area contributed by atoms with E-state index < -0.39 is 5.92 Å². The van der Waals surface area contributed by atoms with Gasteiger partial charge in [-0.2, -0.15) is 0 Å². The summed E-state index contributed by atoms with van der Waals surface area (Å²) in [5.41, 5.74) is 5.45. The fourth-order valence-electron chi connectivity index (χ4n) is 1.50. The predicted octanol–water partition coefficient (Wildman–Crippen LogP) is -0.0589. The van der Waals surface area contributed by atoms with Crippen LogP contribution in [0.4, 0.5) is 0 Å². The monoisotopic (exact) mass is 257 g/mol. The van der Waals surface area contributed by atoms with Gasteiger partial charge in [0, 0.05) is 19.0 Å². The molecule has 5 nitrogen and oxygen atoms in total. The lowest BCUT2D eigenvalue weighted by Gasteiger charge is -2.13. The molecule has 1 atom stereocenters. The first kappa shape index (κ1) is 13.9. The second kappa shape index (κ2) is 6.54. The summed E-state index contributed by atoms with van der Waals surface area (Å²) in [5.74, 6) is -0.295. The largest absolute Gasteiger partial charge is 0.393 e. The van der Waals surface area contributed by atoms with Gasteiger partial charge in [-0.15, -0.1) is 0 Å². The summed E-state index contributed by atoms with van der Waals surface area (Å²) in [7, 11) is 0. The Bertz CT molecular complexity index is 316. The Hall–Kier alpha value is -1.17. The van der Waals surface area contributed by atoms with E-state index >= 15 is 0 Å². The van der Waals surface area contributed by atoms with E-state index in [-0.39, 0.29) is 22.7 Å². The molecule has 0 aromatic carbocycles. The van der Waals surface area contributed by atoms with Gasteiger partial charge in [-0.05, 0) is 19.3 Å². The smallest absolute Gasteiger partial charge is 0.229 e. The molecule has 1 unspecified atom stereocenters. The van der Waals surface area contributed by atoms with Crippen LogP contribution in [0, 0.1) is 11.8 Å². The molecule has 0 heterocycles. The van der Waals surface area contributed by atoms with E-state index in [9.17, 15) is 9.59 Å². The lowest BCUT2D eigenvalue weighted by Crippen LogP contribution is -2.41. The number of thiocarbonyl (C=S) groups is 1. The molecule has 96 valence electrons. The van der Waals surface area contributed by atoms with Gasteiger partial charge >= 0.3 is 0 Å². The summed E-state index contributed by atoms with van der Waals surface area (Å²) in [6.45, 7) is 2.73. The topological polar surface area (TPSA) is 84.2 Å².